The van der Waals surface area contributed by atoms with Crippen LogP contribution in [0.15, 0.2) is 17.0 Å². The van der Waals surface area contributed by atoms with Crippen molar-refractivity contribution in [2.45, 2.75) is 38.7 Å². The van der Waals surface area contributed by atoms with Crippen molar-refractivity contribution in [1.29, 1.82) is 0 Å². The van der Waals surface area contributed by atoms with E-state index in [4.69, 9.17) is 5.11 Å². The largest absolute Gasteiger partial charge is 0.392 e. The number of nitrogens with one attached hydrogen (secondary N) is 1. The summed E-state index contributed by atoms with van der Waals surface area (Å²) in [7, 11) is -4.14. The Labute approximate surface area is 117 Å². The molecule has 0 aliphatic rings. The molecular weight excluding hydrogens is 288 g/mol. The highest BCUT2D eigenvalue weighted by Gasteiger charge is 2.23. The van der Waals surface area contributed by atoms with Crippen molar-refractivity contribution >= 4 is 10.0 Å². The number of aliphatic hydroxyl groups is 1. The second-order valence-corrected chi connectivity index (χ2v) is 7.49. The molecule has 0 spiro atoms. The lowest BCUT2D eigenvalue weighted by atomic mass is 9.93. The van der Waals surface area contributed by atoms with Gasteiger partial charge in [0.15, 0.2) is 11.6 Å². The lowest BCUT2D eigenvalue weighted by Gasteiger charge is -2.18. The summed E-state index contributed by atoms with van der Waals surface area (Å²) in [5, 5.41) is 8.92. The van der Waals surface area contributed by atoms with Gasteiger partial charge in [0.05, 0.1) is 6.61 Å². The summed E-state index contributed by atoms with van der Waals surface area (Å²) >= 11 is 0. The zero-order valence-electron chi connectivity index (χ0n) is 11.7. The molecule has 0 fully saturated rings. The first-order valence-electron chi connectivity index (χ1n) is 6.15. The Morgan fingerprint density at radius 1 is 1.25 bits per heavy atom. The smallest absolute Gasteiger partial charge is 0.243 e. The van der Waals surface area contributed by atoms with E-state index >= 15 is 0 Å². The first-order valence-corrected chi connectivity index (χ1v) is 7.63. The molecule has 20 heavy (non-hydrogen) atoms. The van der Waals surface area contributed by atoms with Crippen molar-refractivity contribution in [1.82, 2.24) is 4.72 Å². The minimum Gasteiger partial charge on any atom is -0.392 e. The van der Waals surface area contributed by atoms with E-state index in [-0.39, 0.29) is 17.5 Å². The molecule has 7 heteroatoms. The third-order valence-electron chi connectivity index (χ3n) is 2.69. The zero-order chi connectivity index (χ0) is 15.6. The second kappa shape index (κ2) is 6.15. The molecule has 0 unspecified atom stereocenters. The molecule has 2 N–H and O–H groups in total. The first kappa shape index (κ1) is 17.0. The molecule has 0 saturated carbocycles. The van der Waals surface area contributed by atoms with Crippen molar-refractivity contribution in [3.05, 3.63) is 29.3 Å². The van der Waals surface area contributed by atoms with Gasteiger partial charge in [-0.3, -0.25) is 0 Å². The summed E-state index contributed by atoms with van der Waals surface area (Å²) in [5.74, 6) is -2.74. The fourth-order valence-corrected chi connectivity index (χ4v) is 2.71. The molecule has 1 aromatic carbocycles. The van der Waals surface area contributed by atoms with Crippen molar-refractivity contribution < 1.29 is 22.3 Å². The molecule has 0 saturated heterocycles. The Bertz CT molecular complexity index is 580. The Balaban J connectivity index is 3.01. The van der Waals surface area contributed by atoms with Gasteiger partial charge >= 0.3 is 0 Å². The van der Waals surface area contributed by atoms with Crippen LogP contribution in [0.2, 0.25) is 0 Å². The van der Waals surface area contributed by atoms with Crippen molar-refractivity contribution in [3.63, 3.8) is 0 Å². The van der Waals surface area contributed by atoms with Gasteiger partial charge in [0.1, 0.15) is 4.90 Å². The van der Waals surface area contributed by atoms with E-state index in [2.05, 4.69) is 4.72 Å². The van der Waals surface area contributed by atoms with Crippen molar-refractivity contribution in [2.24, 2.45) is 5.41 Å². The minimum atomic E-state index is -4.14. The molecule has 4 nitrogen and oxygen atoms in total. The zero-order valence-corrected chi connectivity index (χ0v) is 12.5. The molecule has 0 aliphatic heterocycles. The quantitative estimate of drug-likeness (QED) is 0.876. The standard InChI is InChI=1S/C13H19F2NO3S/c1-13(2,3)4-5-16-20(18,19)11-7-9(8-17)6-10(14)12(11)15/h6-7,16-17H,4-5,8H2,1-3H3. The maximum absolute atomic E-state index is 13.6. The highest BCUT2D eigenvalue weighted by Crippen LogP contribution is 2.21. The van der Waals surface area contributed by atoms with Gasteiger partial charge in [-0.2, -0.15) is 0 Å². The number of benzene rings is 1. The van der Waals surface area contributed by atoms with Crippen LogP contribution in [0.5, 0.6) is 0 Å². The van der Waals surface area contributed by atoms with E-state index in [0.29, 0.717) is 6.42 Å². The van der Waals surface area contributed by atoms with E-state index in [1.165, 1.54) is 0 Å². The molecule has 0 bridgehead atoms. The van der Waals surface area contributed by atoms with Gasteiger partial charge < -0.3 is 5.11 Å². The van der Waals surface area contributed by atoms with E-state index < -0.39 is 33.2 Å². The van der Waals surface area contributed by atoms with Crippen LogP contribution in [0.25, 0.3) is 0 Å². The van der Waals surface area contributed by atoms with Crippen molar-refractivity contribution in [2.75, 3.05) is 6.54 Å². The van der Waals surface area contributed by atoms with Gasteiger partial charge in [0.2, 0.25) is 10.0 Å². The Kier molecular flexibility index (Phi) is 5.23. The summed E-state index contributed by atoms with van der Waals surface area (Å²) in [6.07, 6.45) is 0.552. The van der Waals surface area contributed by atoms with E-state index in [1.54, 1.807) is 0 Å². The van der Waals surface area contributed by atoms with Crippen LogP contribution in [0.1, 0.15) is 32.8 Å². The molecule has 0 aliphatic carbocycles. The van der Waals surface area contributed by atoms with Crippen LogP contribution in [-0.2, 0) is 16.6 Å². The first-order chi connectivity index (χ1) is 9.07. The number of sulfonamides is 1. The Hall–Kier alpha value is -1.05. The normalized spacial score (nSPS) is 12.7. The van der Waals surface area contributed by atoms with E-state index in [0.717, 1.165) is 12.1 Å². The maximum Gasteiger partial charge on any atom is 0.243 e. The maximum atomic E-state index is 13.6. The van der Waals surface area contributed by atoms with Crippen LogP contribution in [-0.4, -0.2) is 20.1 Å². The number of hydrogen-bond donors (Lipinski definition) is 2. The topological polar surface area (TPSA) is 66.4 Å². The van der Waals surface area contributed by atoms with Gasteiger partial charge in [-0.1, -0.05) is 20.8 Å². The molecule has 0 radical (unpaired) electrons. The summed E-state index contributed by atoms with van der Waals surface area (Å²) in [6.45, 7) is 5.37. The Morgan fingerprint density at radius 3 is 2.35 bits per heavy atom. The van der Waals surface area contributed by atoms with Gasteiger partial charge in [0.25, 0.3) is 0 Å². The summed E-state index contributed by atoms with van der Waals surface area (Å²) in [5.41, 5.74) is -0.0840. The summed E-state index contributed by atoms with van der Waals surface area (Å²) in [6, 6.07) is 1.70. The molecule has 1 rings (SSSR count). The fraction of sp³-hybridized carbons (Fsp3) is 0.538. The average molecular weight is 307 g/mol. The molecule has 0 amide bonds. The van der Waals surface area contributed by atoms with Crippen LogP contribution in [0.3, 0.4) is 0 Å². The van der Waals surface area contributed by atoms with Gasteiger partial charge in [0, 0.05) is 6.54 Å². The van der Waals surface area contributed by atoms with Gasteiger partial charge in [-0.15, -0.1) is 0 Å². The number of rotatable bonds is 5. The number of aliphatic hydroxyl groups excluding tert-OH is 1. The third kappa shape index (κ3) is 4.50. The SMILES string of the molecule is CC(C)(C)CCNS(=O)(=O)c1cc(CO)cc(F)c1F. The highest BCUT2D eigenvalue weighted by molar-refractivity contribution is 7.89. The highest BCUT2D eigenvalue weighted by atomic mass is 32.2. The van der Waals surface area contributed by atoms with Crippen molar-refractivity contribution in [3.8, 4) is 0 Å². The summed E-state index contributed by atoms with van der Waals surface area (Å²) in [4.78, 5) is -0.782. The average Bonchev–Trinajstić information content (AvgIpc) is 2.30. The van der Waals surface area contributed by atoms with Gasteiger partial charge in [-0.05, 0) is 29.5 Å². The predicted molar refractivity (Wildman–Crippen MR) is 71.5 cm³/mol. The van der Waals surface area contributed by atoms with Crippen LogP contribution < -0.4 is 4.72 Å². The second-order valence-electron chi connectivity index (χ2n) is 5.76. The van der Waals surface area contributed by atoms with Gasteiger partial charge in [-0.25, -0.2) is 21.9 Å². The Morgan fingerprint density at radius 2 is 1.85 bits per heavy atom. The molecule has 0 atom stereocenters. The third-order valence-corrected chi connectivity index (χ3v) is 4.15. The predicted octanol–water partition coefficient (Wildman–Crippen LogP) is 2.17. The molecule has 0 heterocycles. The monoisotopic (exact) mass is 307 g/mol. The summed E-state index contributed by atoms with van der Waals surface area (Å²) < 4.78 is 53.0. The number of halogens is 2. The lowest BCUT2D eigenvalue weighted by molar-refractivity contribution is 0.280. The molecule has 114 valence electrons. The van der Waals surface area contributed by atoms with Crippen LogP contribution in [0, 0.1) is 17.0 Å². The number of hydrogen-bond acceptors (Lipinski definition) is 3. The van der Waals surface area contributed by atoms with Crippen LogP contribution >= 0.6 is 0 Å². The van der Waals surface area contributed by atoms with E-state index in [1.807, 2.05) is 20.8 Å². The molecular formula is C13H19F2NO3S. The minimum absolute atomic E-state index is 0.0000892. The lowest BCUT2D eigenvalue weighted by Crippen LogP contribution is -2.28. The van der Waals surface area contributed by atoms with Crippen LogP contribution in [0.4, 0.5) is 8.78 Å². The molecule has 0 aromatic heterocycles. The van der Waals surface area contributed by atoms with E-state index in [9.17, 15) is 17.2 Å². The molecule has 1 aromatic rings. The fourth-order valence-electron chi connectivity index (χ4n) is 1.54.